The first-order chi connectivity index (χ1) is 6.68. The molecule has 3 heterocycles. The lowest BCUT2D eigenvalue weighted by Crippen LogP contribution is -2.45. The highest BCUT2D eigenvalue weighted by Gasteiger charge is 2.58. The van der Waals surface area contributed by atoms with Crippen molar-refractivity contribution in [3.05, 3.63) is 0 Å². The summed E-state index contributed by atoms with van der Waals surface area (Å²) in [5.41, 5.74) is 0. The lowest BCUT2D eigenvalue weighted by Gasteiger charge is -2.26. The summed E-state index contributed by atoms with van der Waals surface area (Å²) in [4.78, 5) is 15.7. The summed E-state index contributed by atoms with van der Waals surface area (Å²) >= 11 is 0. The van der Waals surface area contributed by atoms with Gasteiger partial charge in [0.25, 0.3) is 0 Å². The summed E-state index contributed by atoms with van der Waals surface area (Å²) in [6.07, 6.45) is 1.80. The molecule has 0 saturated carbocycles. The zero-order valence-corrected chi connectivity index (χ0v) is 9.87. The van der Waals surface area contributed by atoms with Crippen LogP contribution in [0.25, 0.3) is 0 Å². The molecule has 86 valence electrons. The molecule has 0 N–H and O–H groups in total. The number of hydrogen-bond acceptors (Lipinski definition) is 3. The molecule has 3 saturated heterocycles. The maximum Gasteiger partial charge on any atom is 0.219 e. The molecule has 0 spiro atoms. The number of likely N-dealkylation sites (N-methyl/N-ethyl adjacent to an activating group) is 1. The lowest BCUT2D eigenvalue weighted by molar-refractivity contribution is -0.130. The molecule has 0 radical (unpaired) electrons. The predicted molar refractivity (Wildman–Crippen MR) is 58.1 cm³/mol. The van der Waals surface area contributed by atoms with Gasteiger partial charge in [0.05, 0.1) is 24.3 Å². The Bertz CT molecular complexity index is 273. The van der Waals surface area contributed by atoms with E-state index in [1.54, 1.807) is 6.92 Å². The van der Waals surface area contributed by atoms with Gasteiger partial charge in [-0.25, -0.2) is 0 Å². The van der Waals surface area contributed by atoms with Gasteiger partial charge >= 0.3 is 0 Å². The number of ether oxygens (including phenoxy) is 1. The summed E-state index contributed by atoms with van der Waals surface area (Å²) in [5, 5.41) is 0. The second-order valence-electron chi connectivity index (χ2n) is 4.61. The van der Waals surface area contributed by atoms with E-state index in [4.69, 9.17) is 4.74 Å². The van der Waals surface area contributed by atoms with Crippen molar-refractivity contribution in [1.82, 2.24) is 9.80 Å². The molecular weight excluding hydrogens is 216 g/mol. The van der Waals surface area contributed by atoms with Gasteiger partial charge in [0.15, 0.2) is 0 Å². The van der Waals surface area contributed by atoms with E-state index in [1.165, 1.54) is 0 Å². The number of hydrogen-bond donors (Lipinski definition) is 0. The Labute approximate surface area is 96.0 Å². The van der Waals surface area contributed by atoms with Crippen LogP contribution in [-0.2, 0) is 9.53 Å². The fourth-order valence-corrected chi connectivity index (χ4v) is 3.24. The summed E-state index contributed by atoms with van der Waals surface area (Å²) in [6, 6.07) is 0.786. The van der Waals surface area contributed by atoms with E-state index in [-0.39, 0.29) is 24.4 Å². The molecule has 5 heteroatoms. The molecule has 0 aromatic heterocycles. The summed E-state index contributed by atoms with van der Waals surface area (Å²) in [6.45, 7) is 3.80. The largest absolute Gasteiger partial charge is 0.370 e. The van der Waals surface area contributed by atoms with Gasteiger partial charge in [-0.05, 0) is 6.42 Å². The number of rotatable bonds is 1. The van der Waals surface area contributed by atoms with Crippen LogP contribution in [-0.4, -0.2) is 60.1 Å². The highest BCUT2D eigenvalue weighted by molar-refractivity contribution is 5.85. The normalized spacial score (nSPS) is 41.7. The van der Waals surface area contributed by atoms with E-state index in [1.807, 2.05) is 11.9 Å². The predicted octanol–water partition coefficient (Wildman–Crippen LogP) is 0.110. The SMILES string of the molecule is CC(=O)N(C)[C@H]1[C@@H]2[C@H]3CCN2C[C@@H]1O3.Cl. The fraction of sp³-hybridized carbons (Fsp3) is 0.900. The summed E-state index contributed by atoms with van der Waals surface area (Å²) in [5.74, 6) is 0.151. The minimum absolute atomic E-state index is 0. The Morgan fingerprint density at radius 3 is 2.80 bits per heavy atom. The van der Waals surface area contributed by atoms with Gasteiger partial charge < -0.3 is 9.64 Å². The number of amides is 1. The van der Waals surface area contributed by atoms with Crippen LogP contribution in [0.2, 0.25) is 0 Å². The minimum Gasteiger partial charge on any atom is -0.370 e. The first kappa shape index (κ1) is 11.2. The van der Waals surface area contributed by atoms with Crippen molar-refractivity contribution in [2.45, 2.75) is 37.6 Å². The zero-order valence-electron chi connectivity index (χ0n) is 9.05. The van der Waals surface area contributed by atoms with Crippen LogP contribution in [0, 0.1) is 0 Å². The molecule has 2 bridgehead atoms. The van der Waals surface area contributed by atoms with Gasteiger partial charge in [0.2, 0.25) is 5.91 Å². The highest BCUT2D eigenvalue weighted by Crippen LogP contribution is 2.41. The van der Waals surface area contributed by atoms with Crippen molar-refractivity contribution in [1.29, 1.82) is 0 Å². The molecule has 1 amide bonds. The number of halogens is 1. The van der Waals surface area contributed by atoms with E-state index in [2.05, 4.69) is 4.90 Å². The van der Waals surface area contributed by atoms with Crippen LogP contribution < -0.4 is 0 Å². The second kappa shape index (κ2) is 3.61. The second-order valence-corrected chi connectivity index (χ2v) is 4.61. The summed E-state index contributed by atoms with van der Waals surface area (Å²) < 4.78 is 5.90. The van der Waals surface area contributed by atoms with E-state index in [9.17, 15) is 4.79 Å². The molecule has 0 aliphatic carbocycles. The van der Waals surface area contributed by atoms with Gasteiger partial charge in [-0.15, -0.1) is 12.4 Å². The topological polar surface area (TPSA) is 32.8 Å². The first-order valence-electron chi connectivity index (χ1n) is 5.31. The van der Waals surface area contributed by atoms with Crippen LogP contribution in [0.3, 0.4) is 0 Å². The number of carbonyl (C=O) groups excluding carboxylic acids is 1. The van der Waals surface area contributed by atoms with Crippen LogP contribution in [0.1, 0.15) is 13.3 Å². The van der Waals surface area contributed by atoms with Crippen molar-refractivity contribution in [2.75, 3.05) is 20.1 Å². The number of morpholine rings is 1. The number of carbonyl (C=O) groups is 1. The monoisotopic (exact) mass is 232 g/mol. The van der Waals surface area contributed by atoms with Crippen LogP contribution >= 0.6 is 12.4 Å². The average Bonchev–Trinajstić information content (AvgIpc) is 2.70. The van der Waals surface area contributed by atoms with Gasteiger partial charge in [0.1, 0.15) is 0 Å². The Morgan fingerprint density at radius 2 is 2.20 bits per heavy atom. The van der Waals surface area contributed by atoms with E-state index >= 15 is 0 Å². The van der Waals surface area contributed by atoms with Crippen LogP contribution in [0.5, 0.6) is 0 Å². The van der Waals surface area contributed by atoms with E-state index in [0.717, 1.165) is 19.5 Å². The third-order valence-corrected chi connectivity index (χ3v) is 3.94. The minimum atomic E-state index is 0. The Morgan fingerprint density at radius 1 is 1.47 bits per heavy atom. The zero-order chi connectivity index (χ0) is 9.87. The van der Waals surface area contributed by atoms with Crippen molar-refractivity contribution in [3.63, 3.8) is 0 Å². The third kappa shape index (κ3) is 1.39. The molecule has 0 aromatic rings. The van der Waals surface area contributed by atoms with Crippen molar-refractivity contribution >= 4 is 18.3 Å². The molecule has 0 unspecified atom stereocenters. The maximum atomic E-state index is 11.3. The van der Waals surface area contributed by atoms with Gasteiger partial charge in [-0.1, -0.05) is 0 Å². The van der Waals surface area contributed by atoms with Crippen molar-refractivity contribution in [2.24, 2.45) is 0 Å². The van der Waals surface area contributed by atoms with Gasteiger partial charge in [0, 0.05) is 27.1 Å². The lowest BCUT2D eigenvalue weighted by atomic mass is 10.1. The molecule has 3 fully saturated rings. The highest BCUT2D eigenvalue weighted by atomic mass is 35.5. The number of fused-ring (bicyclic) bond motifs is 1. The Kier molecular flexibility index (Phi) is 2.69. The van der Waals surface area contributed by atoms with Crippen LogP contribution in [0.15, 0.2) is 0 Å². The molecule has 3 rings (SSSR count). The quantitative estimate of drug-likeness (QED) is 0.644. The van der Waals surface area contributed by atoms with Gasteiger partial charge in [-0.3, -0.25) is 9.69 Å². The Balaban J connectivity index is 0.000000853. The first-order valence-corrected chi connectivity index (χ1v) is 5.31. The fourth-order valence-electron chi connectivity index (χ4n) is 3.24. The third-order valence-electron chi connectivity index (χ3n) is 3.94. The van der Waals surface area contributed by atoms with Crippen LogP contribution in [0.4, 0.5) is 0 Å². The van der Waals surface area contributed by atoms with E-state index in [0.29, 0.717) is 18.2 Å². The Hall–Kier alpha value is -0.320. The average molecular weight is 233 g/mol. The molecule has 15 heavy (non-hydrogen) atoms. The van der Waals surface area contributed by atoms with Crippen molar-refractivity contribution in [3.8, 4) is 0 Å². The molecule has 4 atom stereocenters. The standard InChI is InChI=1S/C10H16N2O2.ClH/c1-6(13)11(2)9-8-5-12-4-3-7(14-8)10(9)12;/h7-10H,3-5H2,1-2H3;1H/t7-,8+,9-,10+;/m1./s1. The van der Waals surface area contributed by atoms with Crippen molar-refractivity contribution < 1.29 is 9.53 Å². The van der Waals surface area contributed by atoms with Gasteiger partial charge in [-0.2, -0.15) is 0 Å². The number of nitrogens with zero attached hydrogens (tertiary/aromatic N) is 2. The molecule has 4 nitrogen and oxygen atoms in total. The smallest absolute Gasteiger partial charge is 0.219 e. The molecule has 3 aliphatic heterocycles. The molecular formula is C10H17ClN2O2. The molecule has 0 aromatic carbocycles. The summed E-state index contributed by atoms with van der Waals surface area (Å²) in [7, 11) is 1.90. The van der Waals surface area contributed by atoms with E-state index < -0.39 is 0 Å². The molecule has 3 aliphatic rings. The maximum absolute atomic E-state index is 11.3.